The van der Waals surface area contributed by atoms with E-state index in [0.717, 1.165) is 0 Å². The number of halogens is 1. The molecule has 0 aliphatic heterocycles. The molecule has 26 heavy (non-hydrogen) atoms. The fourth-order valence-corrected chi connectivity index (χ4v) is 3.84. The van der Waals surface area contributed by atoms with Gasteiger partial charge in [0.1, 0.15) is 6.54 Å². The Hall–Kier alpha value is -0.530. The summed E-state index contributed by atoms with van der Waals surface area (Å²) in [6.45, 7) is 8.48. The molecule has 0 fully saturated rings. The highest BCUT2D eigenvalue weighted by Crippen LogP contribution is 2.17. The highest BCUT2D eigenvalue weighted by Gasteiger charge is 2.21. The van der Waals surface area contributed by atoms with Crippen LogP contribution in [0, 0.1) is 0 Å². The number of nitrogens with zero attached hydrogens (tertiary/aromatic N) is 1. The van der Waals surface area contributed by atoms with Crippen molar-refractivity contribution in [3.8, 4) is 0 Å². The first-order valence-electron chi connectivity index (χ1n) is 11.1. The first-order chi connectivity index (χ1) is 12.2. The van der Waals surface area contributed by atoms with Gasteiger partial charge in [0.15, 0.2) is 0 Å². The van der Waals surface area contributed by atoms with Gasteiger partial charge in [-0.1, -0.05) is 95.5 Å². The van der Waals surface area contributed by atoms with E-state index in [-0.39, 0.29) is 12.4 Å². The number of rotatable bonds is 16. The summed E-state index contributed by atoms with van der Waals surface area (Å²) in [5, 5.41) is 0. The van der Waals surface area contributed by atoms with Crippen LogP contribution in [0.25, 0.3) is 0 Å². The van der Waals surface area contributed by atoms with E-state index in [9.17, 15) is 0 Å². The third kappa shape index (κ3) is 12.8. The molecule has 0 saturated heterocycles. The molecule has 0 saturated carbocycles. The van der Waals surface area contributed by atoms with E-state index in [0.29, 0.717) is 0 Å². The van der Waals surface area contributed by atoms with Gasteiger partial charge in [-0.25, -0.2) is 0 Å². The Bertz CT molecular complexity index is 406. The second kappa shape index (κ2) is 16.6. The molecule has 0 aromatic heterocycles. The lowest BCUT2D eigenvalue weighted by atomic mass is 10.1. The van der Waals surface area contributed by atoms with Crippen molar-refractivity contribution in [1.29, 1.82) is 0 Å². The molecule has 1 aromatic rings. The molecule has 1 aromatic carbocycles. The van der Waals surface area contributed by atoms with Gasteiger partial charge in [-0.2, -0.15) is 0 Å². The Kier molecular flexibility index (Phi) is 16.3. The minimum Gasteiger partial charge on any atom is -1.00 e. The van der Waals surface area contributed by atoms with Gasteiger partial charge >= 0.3 is 0 Å². The molecule has 0 aliphatic carbocycles. The minimum atomic E-state index is 0. The van der Waals surface area contributed by atoms with Crippen LogP contribution in [0.1, 0.15) is 96.5 Å². The molecular formula is C24H44ClN. The Morgan fingerprint density at radius 1 is 0.615 bits per heavy atom. The molecule has 152 valence electrons. The summed E-state index contributed by atoms with van der Waals surface area (Å²) in [6, 6.07) is 11.1. The molecule has 2 heteroatoms. The van der Waals surface area contributed by atoms with Crippen molar-refractivity contribution in [3.05, 3.63) is 35.9 Å². The predicted molar refractivity (Wildman–Crippen MR) is 113 cm³/mol. The largest absolute Gasteiger partial charge is 1.00 e. The third-order valence-electron chi connectivity index (χ3n) is 5.51. The number of quaternary nitrogens is 1. The Morgan fingerprint density at radius 2 is 1.04 bits per heavy atom. The lowest BCUT2D eigenvalue weighted by Crippen LogP contribution is -3.00. The van der Waals surface area contributed by atoms with Crippen molar-refractivity contribution in [2.45, 2.75) is 97.4 Å². The Morgan fingerprint density at radius 3 is 1.54 bits per heavy atom. The van der Waals surface area contributed by atoms with Gasteiger partial charge in [0.25, 0.3) is 0 Å². The second-order valence-electron chi connectivity index (χ2n) is 8.25. The van der Waals surface area contributed by atoms with Crippen LogP contribution in [0.15, 0.2) is 30.3 Å². The number of unbranched alkanes of at least 4 members (excludes halogenated alkanes) is 10. The molecule has 1 rings (SSSR count). The number of benzene rings is 1. The van der Waals surface area contributed by atoms with Crippen molar-refractivity contribution >= 4 is 0 Å². The second-order valence-corrected chi connectivity index (χ2v) is 8.25. The van der Waals surface area contributed by atoms with Crippen molar-refractivity contribution in [2.75, 3.05) is 20.1 Å². The normalized spacial score (nSPS) is 13.2. The highest BCUT2D eigenvalue weighted by molar-refractivity contribution is 5.13. The number of hydrogen-bond acceptors (Lipinski definition) is 0. The molecule has 0 spiro atoms. The summed E-state index contributed by atoms with van der Waals surface area (Å²) in [5.41, 5.74) is 1.50. The summed E-state index contributed by atoms with van der Waals surface area (Å²) in [5.74, 6) is 0. The van der Waals surface area contributed by atoms with Crippen LogP contribution in [0.3, 0.4) is 0 Å². The fourth-order valence-electron chi connectivity index (χ4n) is 3.84. The van der Waals surface area contributed by atoms with Gasteiger partial charge in [-0.3, -0.25) is 0 Å². The lowest BCUT2D eigenvalue weighted by molar-refractivity contribution is -0.923. The summed E-state index contributed by atoms with van der Waals surface area (Å²) in [6.07, 6.45) is 16.9. The SMILES string of the molecule is CCCCCCCCCC[N+](C)(CCCCCC)Cc1ccccc1.[Cl-]. The van der Waals surface area contributed by atoms with E-state index >= 15 is 0 Å². The quantitative estimate of drug-likeness (QED) is 0.295. The van der Waals surface area contributed by atoms with Crippen LogP contribution in [-0.4, -0.2) is 24.6 Å². The monoisotopic (exact) mass is 381 g/mol. The Labute approximate surface area is 170 Å². The zero-order chi connectivity index (χ0) is 18.2. The van der Waals surface area contributed by atoms with E-state index in [1.807, 2.05) is 0 Å². The average Bonchev–Trinajstić information content (AvgIpc) is 2.62. The number of hydrogen-bond donors (Lipinski definition) is 0. The predicted octanol–water partition coefficient (Wildman–Crippen LogP) is 4.36. The Balaban J connectivity index is 0.00000625. The molecule has 1 nitrogen and oxygen atoms in total. The first-order valence-corrected chi connectivity index (χ1v) is 11.1. The molecule has 0 aliphatic rings. The van der Waals surface area contributed by atoms with Crippen LogP contribution in [0.5, 0.6) is 0 Å². The molecule has 0 amide bonds. The van der Waals surface area contributed by atoms with E-state index in [4.69, 9.17) is 0 Å². The lowest BCUT2D eigenvalue weighted by Gasteiger charge is -2.35. The maximum Gasteiger partial charge on any atom is 0.104 e. The molecule has 1 unspecified atom stereocenters. The maximum absolute atomic E-state index is 2.49. The molecule has 0 radical (unpaired) electrons. The summed E-state index contributed by atoms with van der Waals surface area (Å²) < 4.78 is 1.23. The molecule has 1 atom stereocenters. The van der Waals surface area contributed by atoms with E-state index in [1.54, 1.807) is 0 Å². The first kappa shape index (κ1) is 25.5. The van der Waals surface area contributed by atoms with Gasteiger partial charge in [0.05, 0.1) is 20.1 Å². The van der Waals surface area contributed by atoms with Gasteiger partial charge in [-0.15, -0.1) is 0 Å². The highest BCUT2D eigenvalue weighted by atomic mass is 35.5. The van der Waals surface area contributed by atoms with Gasteiger partial charge in [-0.05, 0) is 25.7 Å². The van der Waals surface area contributed by atoms with Crippen LogP contribution in [0.2, 0.25) is 0 Å². The zero-order valence-corrected chi connectivity index (χ0v) is 18.6. The maximum atomic E-state index is 2.49. The average molecular weight is 382 g/mol. The van der Waals surface area contributed by atoms with E-state index < -0.39 is 0 Å². The van der Waals surface area contributed by atoms with E-state index in [2.05, 4.69) is 51.2 Å². The van der Waals surface area contributed by atoms with E-state index in [1.165, 1.54) is 107 Å². The smallest absolute Gasteiger partial charge is 0.104 e. The topological polar surface area (TPSA) is 0 Å². The van der Waals surface area contributed by atoms with Crippen LogP contribution < -0.4 is 12.4 Å². The van der Waals surface area contributed by atoms with Crippen LogP contribution >= 0.6 is 0 Å². The molecule has 0 N–H and O–H groups in total. The molecular weight excluding hydrogens is 338 g/mol. The van der Waals surface area contributed by atoms with Crippen molar-refractivity contribution in [3.63, 3.8) is 0 Å². The molecule has 0 heterocycles. The summed E-state index contributed by atoms with van der Waals surface area (Å²) in [7, 11) is 2.49. The third-order valence-corrected chi connectivity index (χ3v) is 5.51. The van der Waals surface area contributed by atoms with Crippen molar-refractivity contribution in [1.82, 2.24) is 0 Å². The summed E-state index contributed by atoms with van der Waals surface area (Å²) in [4.78, 5) is 0. The van der Waals surface area contributed by atoms with Gasteiger partial charge in [0, 0.05) is 5.56 Å². The fraction of sp³-hybridized carbons (Fsp3) is 0.750. The minimum absolute atomic E-state index is 0. The van der Waals surface area contributed by atoms with Gasteiger partial charge in [0.2, 0.25) is 0 Å². The van der Waals surface area contributed by atoms with Crippen molar-refractivity contribution < 1.29 is 16.9 Å². The molecule has 0 bridgehead atoms. The zero-order valence-electron chi connectivity index (χ0n) is 17.8. The van der Waals surface area contributed by atoms with Gasteiger partial charge < -0.3 is 16.9 Å². The standard InChI is InChI=1S/C24H44N.ClH/c1-4-6-8-10-11-12-13-18-22-25(3,21-17-9-7-5-2)23-24-19-15-14-16-20-24;/h14-16,19-20H,4-13,17-18,21-23H2,1-3H3;1H/q+1;/p-1. The van der Waals surface area contributed by atoms with Crippen molar-refractivity contribution in [2.24, 2.45) is 0 Å². The summed E-state index contributed by atoms with van der Waals surface area (Å²) >= 11 is 0. The van der Waals surface area contributed by atoms with Crippen LogP contribution in [-0.2, 0) is 6.54 Å². The van der Waals surface area contributed by atoms with Crippen LogP contribution in [0.4, 0.5) is 0 Å².